The van der Waals surface area contributed by atoms with Gasteiger partial charge in [0.2, 0.25) is 11.8 Å². The molecule has 0 aliphatic carbocycles. The lowest BCUT2D eigenvalue weighted by Gasteiger charge is -2.34. The topological polar surface area (TPSA) is 122 Å². The molecule has 10 nitrogen and oxygen atoms in total. The first kappa shape index (κ1) is 18.6. The summed E-state index contributed by atoms with van der Waals surface area (Å²) < 4.78 is 6.39. The second kappa shape index (κ2) is 8.07. The van der Waals surface area contributed by atoms with E-state index in [0.717, 1.165) is 10.2 Å². The molecule has 1 aromatic heterocycles. The van der Waals surface area contributed by atoms with Crippen LogP contribution in [-0.2, 0) is 20.9 Å². The van der Waals surface area contributed by atoms with Crippen molar-refractivity contribution in [3.63, 3.8) is 0 Å². The highest BCUT2D eigenvalue weighted by molar-refractivity contribution is 5.98. The maximum atomic E-state index is 12.8. The number of nitrogens with one attached hydrogen (secondary N) is 2. The molecule has 4 rings (SSSR count). The second-order valence-electron chi connectivity index (χ2n) is 6.49. The van der Waals surface area contributed by atoms with Crippen molar-refractivity contribution in [2.75, 3.05) is 18.5 Å². The number of carbonyl (C=O) groups is 2. The highest BCUT2D eigenvalue weighted by atomic mass is 16.5. The number of H-pyrrole nitrogens is 1. The number of aromatic nitrogens is 4. The standard InChI is InChI=1S/C19H18N6O4/c26-17-12-29-11-16(24(17)10-13-4-2-1-3-5-13)18(27)20-14-6-8-15(9-7-14)25-19(28)21-22-23-25/h1-9,16H,10-12H2,(H,20,27)(H,21,23,28). The number of hydrogen-bond acceptors (Lipinski definition) is 6. The van der Waals surface area contributed by atoms with Crippen LogP contribution in [-0.4, -0.2) is 56.2 Å². The van der Waals surface area contributed by atoms with Gasteiger partial charge >= 0.3 is 5.69 Å². The molecule has 3 aromatic rings. The van der Waals surface area contributed by atoms with Crippen molar-refractivity contribution in [2.24, 2.45) is 0 Å². The summed E-state index contributed by atoms with van der Waals surface area (Å²) in [5, 5.41) is 12.1. The summed E-state index contributed by atoms with van der Waals surface area (Å²) in [6.45, 7) is 0.406. The molecule has 1 atom stereocenters. The fraction of sp³-hybridized carbons (Fsp3) is 0.211. The van der Waals surface area contributed by atoms with Gasteiger partial charge in [-0.15, -0.1) is 0 Å². The molecular formula is C19H18N6O4. The third-order valence-electron chi connectivity index (χ3n) is 4.55. The smallest absolute Gasteiger partial charge is 0.365 e. The van der Waals surface area contributed by atoms with E-state index in [1.807, 2.05) is 30.3 Å². The Kier molecular flexibility index (Phi) is 5.16. The van der Waals surface area contributed by atoms with Crippen LogP contribution in [0.4, 0.5) is 5.69 Å². The van der Waals surface area contributed by atoms with Gasteiger partial charge in [-0.1, -0.05) is 30.3 Å². The molecule has 2 amide bonds. The summed E-state index contributed by atoms with van der Waals surface area (Å²) in [6.07, 6.45) is 0. The summed E-state index contributed by atoms with van der Waals surface area (Å²) in [4.78, 5) is 38.3. The van der Waals surface area contributed by atoms with Gasteiger partial charge in [-0.25, -0.2) is 9.89 Å². The molecule has 148 valence electrons. The molecule has 0 spiro atoms. The summed E-state index contributed by atoms with van der Waals surface area (Å²) in [7, 11) is 0. The van der Waals surface area contributed by atoms with Crippen molar-refractivity contribution in [3.8, 4) is 5.69 Å². The second-order valence-corrected chi connectivity index (χ2v) is 6.49. The third-order valence-corrected chi connectivity index (χ3v) is 4.55. The van der Waals surface area contributed by atoms with Crippen LogP contribution in [0.2, 0.25) is 0 Å². The molecule has 10 heteroatoms. The summed E-state index contributed by atoms with van der Waals surface area (Å²) in [5.74, 6) is -0.582. The minimum Gasteiger partial charge on any atom is -0.369 e. The number of benzene rings is 2. The molecule has 29 heavy (non-hydrogen) atoms. The molecule has 1 aliphatic heterocycles. The number of aromatic amines is 1. The number of ether oxygens (including phenoxy) is 1. The van der Waals surface area contributed by atoms with Gasteiger partial charge < -0.3 is 15.0 Å². The Labute approximate surface area is 165 Å². The Morgan fingerprint density at radius 2 is 1.90 bits per heavy atom. The Morgan fingerprint density at radius 1 is 1.14 bits per heavy atom. The van der Waals surface area contributed by atoms with Gasteiger partial charge in [0, 0.05) is 12.2 Å². The lowest BCUT2D eigenvalue weighted by atomic mass is 10.1. The van der Waals surface area contributed by atoms with Gasteiger partial charge in [0.05, 0.1) is 12.3 Å². The van der Waals surface area contributed by atoms with Gasteiger partial charge in [-0.3, -0.25) is 9.59 Å². The van der Waals surface area contributed by atoms with Crippen LogP contribution >= 0.6 is 0 Å². The average molecular weight is 394 g/mol. The number of anilines is 1. The van der Waals surface area contributed by atoms with E-state index in [9.17, 15) is 14.4 Å². The lowest BCUT2D eigenvalue weighted by molar-refractivity contribution is -0.154. The van der Waals surface area contributed by atoms with Crippen LogP contribution in [0.5, 0.6) is 0 Å². The van der Waals surface area contributed by atoms with E-state index in [1.54, 1.807) is 24.3 Å². The van der Waals surface area contributed by atoms with Crippen molar-refractivity contribution in [2.45, 2.75) is 12.6 Å². The highest BCUT2D eigenvalue weighted by Crippen LogP contribution is 2.17. The summed E-state index contributed by atoms with van der Waals surface area (Å²) in [6, 6.07) is 15.3. The maximum Gasteiger partial charge on any atom is 0.365 e. The van der Waals surface area contributed by atoms with E-state index in [0.29, 0.717) is 17.9 Å². The predicted octanol–water partition coefficient (Wildman–Crippen LogP) is 0.322. The Bertz CT molecular complexity index is 1060. The molecule has 0 radical (unpaired) electrons. The van der Waals surface area contributed by atoms with Crippen LogP contribution in [0, 0.1) is 0 Å². The van der Waals surface area contributed by atoms with Crippen molar-refractivity contribution in [1.29, 1.82) is 0 Å². The Hall–Kier alpha value is -3.79. The zero-order chi connectivity index (χ0) is 20.2. The molecule has 1 saturated heterocycles. The number of amides is 2. The van der Waals surface area contributed by atoms with Crippen molar-refractivity contribution >= 4 is 17.5 Å². The van der Waals surface area contributed by atoms with Crippen molar-refractivity contribution in [1.82, 2.24) is 25.1 Å². The number of nitrogens with zero attached hydrogens (tertiary/aromatic N) is 4. The lowest BCUT2D eigenvalue weighted by Crippen LogP contribution is -2.54. The van der Waals surface area contributed by atoms with Gasteiger partial charge in [0.1, 0.15) is 12.6 Å². The average Bonchev–Trinajstić information content (AvgIpc) is 3.17. The first-order valence-corrected chi connectivity index (χ1v) is 8.94. The minimum atomic E-state index is -0.741. The van der Waals surface area contributed by atoms with E-state index in [1.165, 1.54) is 4.90 Å². The van der Waals surface area contributed by atoms with Crippen LogP contribution in [0.3, 0.4) is 0 Å². The number of morpholine rings is 1. The fourth-order valence-electron chi connectivity index (χ4n) is 3.08. The summed E-state index contributed by atoms with van der Waals surface area (Å²) in [5.41, 5.74) is 1.50. The van der Waals surface area contributed by atoms with Gasteiger partial charge in [-0.2, -0.15) is 4.68 Å². The molecular weight excluding hydrogens is 376 g/mol. The van der Waals surface area contributed by atoms with Gasteiger partial charge in [-0.05, 0) is 40.3 Å². The maximum absolute atomic E-state index is 12.8. The molecule has 2 heterocycles. The zero-order valence-electron chi connectivity index (χ0n) is 15.3. The van der Waals surface area contributed by atoms with E-state index in [4.69, 9.17) is 4.74 Å². The number of rotatable bonds is 5. The molecule has 0 bridgehead atoms. The van der Waals surface area contributed by atoms with Crippen molar-refractivity contribution < 1.29 is 14.3 Å². The minimum absolute atomic E-state index is 0.0439. The molecule has 2 aromatic carbocycles. The molecule has 0 saturated carbocycles. The van der Waals surface area contributed by atoms with Gasteiger partial charge in [0.15, 0.2) is 0 Å². The third kappa shape index (κ3) is 4.06. The normalized spacial score (nSPS) is 16.6. The Morgan fingerprint density at radius 3 is 2.59 bits per heavy atom. The van der Waals surface area contributed by atoms with Crippen molar-refractivity contribution in [3.05, 3.63) is 70.6 Å². The summed E-state index contributed by atoms with van der Waals surface area (Å²) >= 11 is 0. The SMILES string of the molecule is O=C(Nc1ccc(-n2nn[nH]c2=O)cc1)C1COCC(=O)N1Cc1ccccc1. The quantitative estimate of drug-likeness (QED) is 0.643. The van der Waals surface area contributed by atoms with E-state index >= 15 is 0 Å². The number of hydrogen-bond donors (Lipinski definition) is 2. The first-order valence-electron chi connectivity index (χ1n) is 8.94. The van der Waals surface area contributed by atoms with Crippen LogP contribution in [0.25, 0.3) is 5.69 Å². The fourth-order valence-corrected chi connectivity index (χ4v) is 3.08. The van der Waals surface area contributed by atoms with E-state index in [-0.39, 0.29) is 25.0 Å². The molecule has 1 fully saturated rings. The monoisotopic (exact) mass is 394 g/mol. The number of carbonyl (C=O) groups excluding carboxylic acids is 2. The highest BCUT2D eigenvalue weighted by Gasteiger charge is 2.34. The van der Waals surface area contributed by atoms with E-state index < -0.39 is 11.7 Å². The van der Waals surface area contributed by atoms with Gasteiger partial charge in [0.25, 0.3) is 0 Å². The predicted molar refractivity (Wildman–Crippen MR) is 102 cm³/mol. The molecule has 1 aliphatic rings. The molecule has 1 unspecified atom stereocenters. The van der Waals surface area contributed by atoms with Crippen LogP contribution < -0.4 is 11.0 Å². The molecule has 2 N–H and O–H groups in total. The Balaban J connectivity index is 1.48. The van der Waals surface area contributed by atoms with E-state index in [2.05, 4.69) is 20.8 Å². The van der Waals surface area contributed by atoms with Crippen LogP contribution in [0.15, 0.2) is 59.4 Å². The number of tetrazole rings is 1. The zero-order valence-corrected chi connectivity index (χ0v) is 15.3. The van der Waals surface area contributed by atoms with Crippen LogP contribution in [0.1, 0.15) is 5.56 Å². The first-order chi connectivity index (χ1) is 14.1. The largest absolute Gasteiger partial charge is 0.369 e.